The molecule has 2 atom stereocenters. The Kier molecular flexibility index (Phi) is 5.58. The number of benzene rings is 1. The first-order chi connectivity index (χ1) is 8.11. The average Bonchev–Trinajstić information content (AvgIpc) is 2.35. The van der Waals surface area contributed by atoms with Gasteiger partial charge in [0, 0.05) is 0 Å². The molecule has 0 saturated heterocycles. The van der Waals surface area contributed by atoms with Gasteiger partial charge in [-0.05, 0) is 43.6 Å². The van der Waals surface area contributed by atoms with Gasteiger partial charge in [-0.2, -0.15) is 0 Å². The highest BCUT2D eigenvalue weighted by atomic mass is 16.3. The number of aliphatic hydroxyl groups excluding tert-OH is 3. The lowest BCUT2D eigenvalue weighted by Gasteiger charge is -2.21. The maximum Gasteiger partial charge on any atom is 0.105 e. The second kappa shape index (κ2) is 6.71. The topological polar surface area (TPSA) is 72.7 Å². The van der Waals surface area contributed by atoms with Crippen molar-refractivity contribution in [1.29, 1.82) is 0 Å². The van der Waals surface area contributed by atoms with Gasteiger partial charge >= 0.3 is 0 Å². The van der Waals surface area contributed by atoms with Crippen LogP contribution in [0.5, 0.6) is 0 Å². The van der Waals surface area contributed by atoms with Crippen LogP contribution in [0.3, 0.4) is 0 Å². The summed E-state index contributed by atoms with van der Waals surface area (Å²) in [5, 5.41) is 32.0. The van der Waals surface area contributed by atoms with E-state index in [-0.39, 0.29) is 6.61 Å². The number of hydrogen-bond donors (Lipinski definition) is 4. The minimum absolute atomic E-state index is 0.0565. The summed E-state index contributed by atoms with van der Waals surface area (Å²) in [5.74, 6) is 0. The number of hydrogen-bond acceptors (Lipinski definition) is 4. The maximum atomic E-state index is 10.1. The van der Waals surface area contributed by atoms with Crippen molar-refractivity contribution < 1.29 is 15.3 Å². The largest absolute Gasteiger partial charge is 0.392 e. The quantitative estimate of drug-likeness (QED) is 0.583. The molecule has 1 rings (SSSR count). The molecule has 0 heterocycles. The van der Waals surface area contributed by atoms with Crippen molar-refractivity contribution in [3.8, 4) is 0 Å². The Hall–Kier alpha value is -0.940. The Morgan fingerprint density at radius 1 is 1.29 bits per heavy atom. The monoisotopic (exact) mass is 239 g/mol. The van der Waals surface area contributed by atoms with Crippen molar-refractivity contribution >= 4 is 0 Å². The van der Waals surface area contributed by atoms with Gasteiger partial charge in [0.1, 0.15) is 6.10 Å². The van der Waals surface area contributed by atoms with Crippen LogP contribution in [0.4, 0.5) is 0 Å². The third-order valence-corrected chi connectivity index (χ3v) is 3.03. The molecule has 4 nitrogen and oxygen atoms in total. The van der Waals surface area contributed by atoms with Crippen molar-refractivity contribution in [3.63, 3.8) is 0 Å². The SMILES string of the molecule is CNCCC(O)C(O)c1cccc(CO)c1C. The Balaban J connectivity index is 2.84. The molecule has 17 heavy (non-hydrogen) atoms. The van der Waals surface area contributed by atoms with Gasteiger partial charge in [-0.15, -0.1) is 0 Å². The first-order valence-electron chi connectivity index (χ1n) is 5.81. The highest BCUT2D eigenvalue weighted by molar-refractivity contribution is 5.35. The van der Waals surface area contributed by atoms with Crippen molar-refractivity contribution in [1.82, 2.24) is 5.32 Å². The van der Waals surface area contributed by atoms with Crippen LogP contribution in [0.1, 0.15) is 29.2 Å². The van der Waals surface area contributed by atoms with Crippen molar-refractivity contribution in [2.24, 2.45) is 0 Å². The second-order valence-electron chi connectivity index (χ2n) is 4.19. The third kappa shape index (κ3) is 3.51. The first-order valence-corrected chi connectivity index (χ1v) is 5.81. The van der Waals surface area contributed by atoms with Gasteiger partial charge in [-0.25, -0.2) is 0 Å². The molecule has 0 bridgehead atoms. The molecule has 1 aromatic rings. The molecule has 0 spiro atoms. The van der Waals surface area contributed by atoms with Gasteiger partial charge in [0.25, 0.3) is 0 Å². The van der Waals surface area contributed by atoms with Crippen LogP contribution in [0, 0.1) is 6.92 Å². The summed E-state index contributed by atoms with van der Waals surface area (Å²) in [4.78, 5) is 0. The summed E-state index contributed by atoms with van der Waals surface area (Å²) in [5.41, 5.74) is 2.30. The van der Waals surface area contributed by atoms with Gasteiger partial charge in [-0.3, -0.25) is 0 Å². The summed E-state index contributed by atoms with van der Waals surface area (Å²) in [6.45, 7) is 2.44. The number of aliphatic hydroxyl groups is 3. The third-order valence-electron chi connectivity index (χ3n) is 3.03. The van der Waals surface area contributed by atoms with Crippen LogP contribution in [-0.2, 0) is 6.61 Å². The molecule has 0 aromatic heterocycles. The zero-order valence-corrected chi connectivity index (χ0v) is 10.3. The van der Waals surface area contributed by atoms with E-state index in [0.717, 1.165) is 11.1 Å². The minimum atomic E-state index is -0.908. The summed E-state index contributed by atoms with van der Waals surface area (Å²) in [7, 11) is 1.80. The molecule has 0 saturated carbocycles. The highest BCUT2D eigenvalue weighted by Crippen LogP contribution is 2.24. The molecule has 0 aliphatic rings. The normalized spacial score (nSPS) is 14.6. The van der Waals surface area contributed by atoms with Gasteiger partial charge in [0.15, 0.2) is 0 Å². The molecule has 0 fully saturated rings. The molecule has 0 aliphatic heterocycles. The predicted molar refractivity (Wildman–Crippen MR) is 66.6 cm³/mol. The molecule has 0 aliphatic carbocycles. The zero-order chi connectivity index (χ0) is 12.8. The predicted octanol–water partition coefficient (Wildman–Crippen LogP) is 0.491. The summed E-state index contributed by atoms with van der Waals surface area (Å²) >= 11 is 0. The first kappa shape index (κ1) is 14.1. The summed E-state index contributed by atoms with van der Waals surface area (Å²) < 4.78 is 0. The van der Waals surface area contributed by atoms with E-state index in [1.165, 1.54) is 0 Å². The van der Waals surface area contributed by atoms with Crippen LogP contribution >= 0.6 is 0 Å². The lowest BCUT2D eigenvalue weighted by molar-refractivity contribution is 0.0136. The standard InChI is InChI=1S/C13H21NO3/c1-9-10(8-15)4-3-5-11(9)13(17)12(16)6-7-14-2/h3-5,12-17H,6-8H2,1-2H3. The Bertz CT molecular complexity index is 355. The molecular formula is C13H21NO3. The average molecular weight is 239 g/mol. The molecular weight excluding hydrogens is 218 g/mol. The van der Waals surface area contributed by atoms with Crippen molar-refractivity contribution in [2.75, 3.05) is 13.6 Å². The van der Waals surface area contributed by atoms with Gasteiger partial charge in [-0.1, -0.05) is 18.2 Å². The van der Waals surface area contributed by atoms with E-state index in [1.54, 1.807) is 19.2 Å². The molecule has 0 radical (unpaired) electrons. The van der Waals surface area contributed by atoms with Crippen LogP contribution in [0.2, 0.25) is 0 Å². The lowest BCUT2D eigenvalue weighted by Crippen LogP contribution is -2.24. The van der Waals surface area contributed by atoms with E-state index >= 15 is 0 Å². The minimum Gasteiger partial charge on any atom is -0.392 e. The number of nitrogens with one attached hydrogen (secondary N) is 1. The fraction of sp³-hybridized carbons (Fsp3) is 0.538. The highest BCUT2D eigenvalue weighted by Gasteiger charge is 2.20. The van der Waals surface area contributed by atoms with Crippen molar-refractivity contribution in [2.45, 2.75) is 32.2 Å². The molecule has 0 amide bonds. The summed E-state index contributed by atoms with van der Waals surface area (Å²) in [6, 6.07) is 5.37. The van der Waals surface area contributed by atoms with Crippen LogP contribution in [-0.4, -0.2) is 35.0 Å². The molecule has 2 unspecified atom stereocenters. The maximum absolute atomic E-state index is 10.1. The molecule has 4 heteroatoms. The van der Waals surface area contributed by atoms with Crippen LogP contribution in [0.15, 0.2) is 18.2 Å². The van der Waals surface area contributed by atoms with E-state index in [1.807, 2.05) is 13.0 Å². The molecule has 96 valence electrons. The summed E-state index contributed by atoms with van der Waals surface area (Å²) in [6.07, 6.45) is -1.22. The van der Waals surface area contributed by atoms with Gasteiger partial charge in [0.2, 0.25) is 0 Å². The molecule has 1 aromatic carbocycles. The fourth-order valence-corrected chi connectivity index (χ4v) is 1.85. The Morgan fingerprint density at radius 2 is 2.00 bits per heavy atom. The van der Waals surface area contributed by atoms with Gasteiger partial charge < -0.3 is 20.6 Å². The van der Waals surface area contributed by atoms with Crippen LogP contribution in [0.25, 0.3) is 0 Å². The van der Waals surface area contributed by atoms with E-state index in [0.29, 0.717) is 18.5 Å². The van der Waals surface area contributed by atoms with Crippen LogP contribution < -0.4 is 5.32 Å². The van der Waals surface area contributed by atoms with Crippen molar-refractivity contribution in [3.05, 3.63) is 34.9 Å². The van der Waals surface area contributed by atoms with E-state index in [4.69, 9.17) is 5.11 Å². The Morgan fingerprint density at radius 3 is 2.59 bits per heavy atom. The second-order valence-corrected chi connectivity index (χ2v) is 4.19. The Labute approximate surface area is 102 Å². The van der Waals surface area contributed by atoms with E-state index < -0.39 is 12.2 Å². The van der Waals surface area contributed by atoms with E-state index in [9.17, 15) is 10.2 Å². The molecule has 4 N–H and O–H groups in total. The number of rotatable bonds is 6. The van der Waals surface area contributed by atoms with Gasteiger partial charge in [0.05, 0.1) is 12.7 Å². The lowest BCUT2D eigenvalue weighted by atomic mass is 9.95. The fourth-order valence-electron chi connectivity index (χ4n) is 1.85. The smallest absolute Gasteiger partial charge is 0.105 e. The zero-order valence-electron chi connectivity index (χ0n) is 10.3. The van der Waals surface area contributed by atoms with E-state index in [2.05, 4.69) is 5.32 Å².